The minimum Gasteiger partial charge on any atom is -0.337 e. The number of nitrogens with zero attached hydrogens (tertiary/aromatic N) is 2. The van der Waals surface area contributed by atoms with Gasteiger partial charge in [-0.2, -0.15) is 4.98 Å². The quantitative estimate of drug-likeness (QED) is 0.915. The fourth-order valence-electron chi connectivity index (χ4n) is 1.71. The molecular formula is C13H17N3O3S. The van der Waals surface area contributed by atoms with Gasteiger partial charge in [0.05, 0.1) is 0 Å². The molecule has 0 radical (unpaired) electrons. The summed E-state index contributed by atoms with van der Waals surface area (Å²) in [6.07, 6.45) is 1.13. The lowest BCUT2D eigenvalue weighted by Crippen LogP contribution is -2.34. The zero-order chi connectivity index (χ0) is 15.0. The highest BCUT2D eigenvalue weighted by Gasteiger charge is 2.32. The third-order valence-electron chi connectivity index (χ3n) is 3.27. The van der Waals surface area contributed by atoms with Gasteiger partial charge in [0.15, 0.2) is 15.7 Å². The Balaban J connectivity index is 2.38. The molecule has 0 fully saturated rings. The lowest BCUT2D eigenvalue weighted by atomic mass is 9.93. The van der Waals surface area contributed by atoms with Crippen LogP contribution in [0.5, 0.6) is 0 Å². The molecule has 0 amide bonds. The van der Waals surface area contributed by atoms with E-state index >= 15 is 0 Å². The first-order valence-corrected chi connectivity index (χ1v) is 8.05. The molecule has 1 aromatic heterocycles. The highest BCUT2D eigenvalue weighted by atomic mass is 32.2. The number of nitrogens with two attached hydrogens (primary N) is 1. The van der Waals surface area contributed by atoms with Crippen molar-refractivity contribution < 1.29 is 12.9 Å². The Hall–Kier alpha value is -1.73. The van der Waals surface area contributed by atoms with Gasteiger partial charge in [-0.1, -0.05) is 35.5 Å². The fraction of sp³-hybridized carbons (Fsp3) is 0.385. The van der Waals surface area contributed by atoms with Gasteiger partial charge in [0.2, 0.25) is 0 Å². The van der Waals surface area contributed by atoms with E-state index in [9.17, 15) is 8.42 Å². The van der Waals surface area contributed by atoms with Crippen molar-refractivity contribution in [2.75, 3.05) is 6.26 Å². The van der Waals surface area contributed by atoms with E-state index in [2.05, 4.69) is 10.1 Å². The van der Waals surface area contributed by atoms with Crippen LogP contribution in [0.2, 0.25) is 0 Å². The largest absolute Gasteiger partial charge is 0.337 e. The Morgan fingerprint density at radius 2 is 1.90 bits per heavy atom. The third kappa shape index (κ3) is 2.73. The molecule has 2 rings (SSSR count). The van der Waals surface area contributed by atoms with E-state index in [0.29, 0.717) is 0 Å². The molecular weight excluding hydrogens is 278 g/mol. The van der Waals surface area contributed by atoms with Gasteiger partial charge in [-0.3, -0.25) is 0 Å². The molecule has 0 saturated carbocycles. The molecule has 20 heavy (non-hydrogen) atoms. The van der Waals surface area contributed by atoms with E-state index in [-0.39, 0.29) is 11.7 Å². The summed E-state index contributed by atoms with van der Waals surface area (Å²) in [5.74, 6) is 0.310. The molecule has 1 heterocycles. The molecule has 2 unspecified atom stereocenters. The Kier molecular flexibility index (Phi) is 3.66. The van der Waals surface area contributed by atoms with Crippen LogP contribution in [-0.4, -0.2) is 24.8 Å². The highest BCUT2D eigenvalue weighted by Crippen LogP contribution is 2.27. The molecule has 2 N–H and O–H groups in total. The van der Waals surface area contributed by atoms with Gasteiger partial charge in [-0.05, 0) is 19.4 Å². The van der Waals surface area contributed by atoms with E-state index in [1.54, 1.807) is 6.92 Å². The van der Waals surface area contributed by atoms with Crippen molar-refractivity contribution in [2.24, 2.45) is 5.73 Å². The SMILES string of the molecule is CC(c1noc(C(C)(N)c2ccccc2)n1)S(C)(=O)=O. The van der Waals surface area contributed by atoms with Gasteiger partial charge >= 0.3 is 0 Å². The second-order valence-corrected chi connectivity index (χ2v) is 7.36. The van der Waals surface area contributed by atoms with Gasteiger partial charge in [-0.25, -0.2) is 8.42 Å². The summed E-state index contributed by atoms with van der Waals surface area (Å²) in [5, 5.41) is 2.90. The first-order chi connectivity index (χ1) is 9.23. The Bertz CT molecular complexity index is 693. The van der Waals surface area contributed by atoms with Crippen molar-refractivity contribution >= 4 is 9.84 Å². The Labute approximate surface area is 117 Å². The van der Waals surface area contributed by atoms with Gasteiger partial charge < -0.3 is 10.3 Å². The summed E-state index contributed by atoms with van der Waals surface area (Å²) in [4.78, 5) is 4.14. The number of sulfone groups is 1. The smallest absolute Gasteiger partial charge is 0.251 e. The van der Waals surface area contributed by atoms with Crippen LogP contribution in [0.4, 0.5) is 0 Å². The van der Waals surface area contributed by atoms with Crippen LogP contribution >= 0.6 is 0 Å². The van der Waals surface area contributed by atoms with Gasteiger partial charge in [-0.15, -0.1) is 0 Å². The van der Waals surface area contributed by atoms with Crippen LogP contribution in [0.3, 0.4) is 0 Å². The summed E-state index contributed by atoms with van der Waals surface area (Å²) in [5.41, 5.74) is 6.08. The van der Waals surface area contributed by atoms with Crippen molar-refractivity contribution in [3.63, 3.8) is 0 Å². The van der Waals surface area contributed by atoms with Crippen molar-refractivity contribution in [3.8, 4) is 0 Å². The number of hydrogen-bond donors (Lipinski definition) is 1. The van der Waals surface area contributed by atoms with Crippen LogP contribution in [0.15, 0.2) is 34.9 Å². The van der Waals surface area contributed by atoms with E-state index < -0.39 is 20.6 Å². The standard InChI is InChI=1S/C13H17N3O3S/c1-9(20(3,17)18)11-15-12(19-16-11)13(2,14)10-7-5-4-6-8-10/h4-9H,14H2,1-3H3. The molecule has 0 aliphatic rings. The second kappa shape index (κ2) is 4.99. The van der Waals surface area contributed by atoms with Crippen molar-refractivity contribution in [1.29, 1.82) is 0 Å². The second-order valence-electron chi connectivity index (χ2n) is 5.00. The van der Waals surface area contributed by atoms with Crippen LogP contribution in [-0.2, 0) is 15.4 Å². The van der Waals surface area contributed by atoms with E-state index in [0.717, 1.165) is 11.8 Å². The predicted molar refractivity (Wildman–Crippen MR) is 74.6 cm³/mol. The first-order valence-electron chi connectivity index (χ1n) is 6.10. The molecule has 6 nitrogen and oxygen atoms in total. The van der Waals surface area contributed by atoms with E-state index in [1.807, 2.05) is 30.3 Å². The molecule has 2 atom stereocenters. The molecule has 0 bridgehead atoms. The molecule has 1 aromatic carbocycles. The molecule has 0 aliphatic carbocycles. The normalized spacial score (nSPS) is 16.6. The molecule has 2 aromatic rings. The van der Waals surface area contributed by atoms with Crippen LogP contribution in [0.1, 0.15) is 36.4 Å². The van der Waals surface area contributed by atoms with Crippen LogP contribution in [0.25, 0.3) is 0 Å². The summed E-state index contributed by atoms with van der Waals surface area (Å²) in [7, 11) is -3.28. The van der Waals surface area contributed by atoms with Gasteiger partial charge in [0.1, 0.15) is 10.8 Å². The Morgan fingerprint density at radius 1 is 1.30 bits per heavy atom. The maximum Gasteiger partial charge on any atom is 0.251 e. The van der Waals surface area contributed by atoms with Crippen molar-refractivity contribution in [1.82, 2.24) is 10.1 Å². The average molecular weight is 295 g/mol. The first kappa shape index (κ1) is 14.7. The summed E-state index contributed by atoms with van der Waals surface area (Å²) < 4.78 is 28.2. The van der Waals surface area contributed by atoms with Gasteiger partial charge in [0.25, 0.3) is 5.89 Å². The molecule has 108 valence electrons. The minimum atomic E-state index is -3.28. The van der Waals surface area contributed by atoms with Crippen molar-refractivity contribution in [2.45, 2.75) is 24.6 Å². The van der Waals surface area contributed by atoms with Crippen LogP contribution < -0.4 is 5.73 Å². The number of benzene rings is 1. The zero-order valence-electron chi connectivity index (χ0n) is 11.6. The van der Waals surface area contributed by atoms with Crippen LogP contribution in [0, 0.1) is 0 Å². The number of rotatable bonds is 4. The predicted octanol–water partition coefficient (Wildman–Crippen LogP) is 1.40. The average Bonchev–Trinajstić information content (AvgIpc) is 2.88. The lowest BCUT2D eigenvalue weighted by molar-refractivity contribution is 0.322. The fourth-order valence-corrected chi connectivity index (χ4v) is 2.19. The molecule has 7 heteroatoms. The molecule has 0 aliphatic heterocycles. The van der Waals surface area contributed by atoms with Crippen molar-refractivity contribution in [3.05, 3.63) is 47.6 Å². The molecule has 0 spiro atoms. The van der Waals surface area contributed by atoms with E-state index in [1.165, 1.54) is 6.92 Å². The Morgan fingerprint density at radius 3 is 2.45 bits per heavy atom. The van der Waals surface area contributed by atoms with Gasteiger partial charge in [0, 0.05) is 6.26 Å². The maximum absolute atomic E-state index is 11.5. The minimum absolute atomic E-state index is 0.120. The highest BCUT2D eigenvalue weighted by molar-refractivity contribution is 7.90. The maximum atomic E-state index is 11.5. The lowest BCUT2D eigenvalue weighted by Gasteiger charge is -2.20. The summed E-state index contributed by atoms with van der Waals surface area (Å²) in [6.45, 7) is 3.26. The topological polar surface area (TPSA) is 99.1 Å². The monoisotopic (exact) mass is 295 g/mol. The number of hydrogen-bond acceptors (Lipinski definition) is 6. The summed E-state index contributed by atoms with van der Waals surface area (Å²) >= 11 is 0. The van der Waals surface area contributed by atoms with E-state index in [4.69, 9.17) is 10.3 Å². The zero-order valence-corrected chi connectivity index (χ0v) is 12.4. The third-order valence-corrected chi connectivity index (χ3v) is 4.76. The number of aromatic nitrogens is 2. The summed E-state index contributed by atoms with van der Waals surface area (Å²) in [6, 6.07) is 9.30. The molecule has 0 saturated heterocycles.